The molecule has 1 amide bonds. The van der Waals surface area contributed by atoms with E-state index in [9.17, 15) is 14.4 Å². The molecular weight excluding hydrogens is 358 g/mol. The molecule has 0 saturated carbocycles. The Hall–Kier alpha value is -3.15. The summed E-state index contributed by atoms with van der Waals surface area (Å²) in [5.41, 5.74) is 2.72. The Morgan fingerprint density at radius 3 is 2.43 bits per heavy atom. The van der Waals surface area contributed by atoms with Crippen LogP contribution in [-0.4, -0.2) is 31.4 Å². The Bertz CT molecular complexity index is 873. The molecule has 0 spiro atoms. The molecule has 0 fully saturated rings. The Labute approximate surface area is 164 Å². The fraction of sp³-hybridized carbons (Fsp3) is 0.318. The zero-order valence-corrected chi connectivity index (χ0v) is 16.6. The molecule has 0 saturated heterocycles. The van der Waals surface area contributed by atoms with E-state index in [0.29, 0.717) is 22.6 Å². The first-order chi connectivity index (χ1) is 13.3. The maximum absolute atomic E-state index is 12.2. The first-order valence-corrected chi connectivity index (χ1v) is 9.04. The van der Waals surface area contributed by atoms with Crippen molar-refractivity contribution in [3.63, 3.8) is 0 Å². The fourth-order valence-corrected chi connectivity index (χ4v) is 2.79. The lowest BCUT2D eigenvalue weighted by Gasteiger charge is -2.14. The molecule has 0 aliphatic rings. The van der Waals surface area contributed by atoms with E-state index in [4.69, 9.17) is 9.47 Å². The Kier molecular flexibility index (Phi) is 7.32. The van der Waals surface area contributed by atoms with Gasteiger partial charge in [-0.1, -0.05) is 32.0 Å². The third-order valence-corrected chi connectivity index (χ3v) is 4.24. The third kappa shape index (κ3) is 5.67. The molecule has 2 aromatic rings. The Balaban J connectivity index is 1.97. The van der Waals surface area contributed by atoms with Crippen molar-refractivity contribution in [3.05, 3.63) is 59.2 Å². The van der Waals surface area contributed by atoms with Gasteiger partial charge in [0.25, 0.3) is 5.91 Å². The van der Waals surface area contributed by atoms with Crippen molar-refractivity contribution in [3.8, 4) is 5.75 Å². The van der Waals surface area contributed by atoms with Gasteiger partial charge in [-0.25, -0.2) is 0 Å². The average Bonchev–Trinajstić information content (AvgIpc) is 2.66. The van der Waals surface area contributed by atoms with Gasteiger partial charge in [0.15, 0.2) is 12.4 Å². The molecule has 1 N–H and O–H groups in total. The van der Waals surface area contributed by atoms with Crippen LogP contribution in [0.2, 0.25) is 0 Å². The van der Waals surface area contributed by atoms with E-state index in [1.54, 1.807) is 18.2 Å². The standard InChI is InChI=1S/C22H25NO5/c1-14(2)18-7-5-6-8-19(18)23-21(25)13-28-22(26)12-17-11-16(15(3)24)9-10-20(17)27-4/h5-11,14H,12-13H2,1-4H3,(H,23,25). The first-order valence-electron chi connectivity index (χ1n) is 9.04. The third-order valence-electron chi connectivity index (χ3n) is 4.24. The van der Waals surface area contributed by atoms with Gasteiger partial charge in [0, 0.05) is 16.8 Å². The SMILES string of the molecule is COc1ccc(C(C)=O)cc1CC(=O)OCC(=O)Nc1ccccc1C(C)C. The minimum atomic E-state index is -0.578. The highest BCUT2D eigenvalue weighted by Crippen LogP contribution is 2.24. The van der Waals surface area contributed by atoms with E-state index in [-0.39, 0.29) is 24.7 Å². The van der Waals surface area contributed by atoms with Crippen molar-refractivity contribution in [2.75, 3.05) is 19.0 Å². The molecule has 2 aromatic carbocycles. The Morgan fingerprint density at radius 2 is 1.79 bits per heavy atom. The van der Waals surface area contributed by atoms with Gasteiger partial charge < -0.3 is 14.8 Å². The van der Waals surface area contributed by atoms with Crippen LogP contribution in [0.4, 0.5) is 5.69 Å². The molecule has 6 nitrogen and oxygen atoms in total. The number of amides is 1. The van der Waals surface area contributed by atoms with Gasteiger partial charge >= 0.3 is 5.97 Å². The van der Waals surface area contributed by atoms with Crippen LogP contribution in [0.3, 0.4) is 0 Å². The number of esters is 1. The lowest BCUT2D eigenvalue weighted by Crippen LogP contribution is -2.22. The molecule has 6 heteroatoms. The van der Waals surface area contributed by atoms with Crippen LogP contribution in [0.25, 0.3) is 0 Å². The molecule has 0 aromatic heterocycles. The van der Waals surface area contributed by atoms with Gasteiger partial charge in [0.1, 0.15) is 5.75 Å². The van der Waals surface area contributed by atoms with Gasteiger partial charge in [-0.05, 0) is 42.7 Å². The summed E-state index contributed by atoms with van der Waals surface area (Å²) in [5, 5.41) is 2.77. The van der Waals surface area contributed by atoms with E-state index >= 15 is 0 Å². The number of Topliss-reactive ketones (excluding diaryl/α,β-unsaturated/α-hetero) is 1. The predicted octanol–water partition coefficient (Wildman–Crippen LogP) is 3.75. The number of hydrogen-bond donors (Lipinski definition) is 1. The number of benzene rings is 2. The lowest BCUT2D eigenvalue weighted by atomic mass is 10.0. The number of rotatable bonds is 8. The maximum atomic E-state index is 12.2. The molecule has 0 unspecified atom stereocenters. The number of hydrogen-bond acceptors (Lipinski definition) is 5. The summed E-state index contributed by atoms with van der Waals surface area (Å²) >= 11 is 0. The molecular formula is C22H25NO5. The van der Waals surface area contributed by atoms with Crippen LogP contribution in [0.1, 0.15) is 48.2 Å². The number of ketones is 1. The topological polar surface area (TPSA) is 81.7 Å². The van der Waals surface area contributed by atoms with E-state index in [0.717, 1.165) is 5.56 Å². The summed E-state index contributed by atoms with van der Waals surface area (Å²) < 4.78 is 10.3. The van der Waals surface area contributed by atoms with Crippen molar-refractivity contribution in [2.24, 2.45) is 0 Å². The zero-order valence-electron chi connectivity index (χ0n) is 16.6. The van der Waals surface area contributed by atoms with Gasteiger partial charge in [-0.2, -0.15) is 0 Å². The molecule has 148 valence electrons. The molecule has 0 bridgehead atoms. The van der Waals surface area contributed by atoms with Crippen molar-refractivity contribution in [2.45, 2.75) is 33.1 Å². The number of carbonyl (C=O) groups is 3. The van der Waals surface area contributed by atoms with Crippen molar-refractivity contribution in [1.82, 2.24) is 0 Å². The molecule has 0 heterocycles. The van der Waals surface area contributed by atoms with E-state index in [1.807, 2.05) is 38.1 Å². The average molecular weight is 383 g/mol. The summed E-state index contributed by atoms with van der Waals surface area (Å²) in [6.45, 7) is 5.13. The molecule has 28 heavy (non-hydrogen) atoms. The number of nitrogens with one attached hydrogen (secondary N) is 1. The highest BCUT2D eigenvalue weighted by Gasteiger charge is 2.15. The highest BCUT2D eigenvalue weighted by atomic mass is 16.5. The highest BCUT2D eigenvalue weighted by molar-refractivity contribution is 5.95. The normalized spacial score (nSPS) is 10.5. The van der Waals surface area contributed by atoms with Gasteiger partial charge in [0.2, 0.25) is 0 Å². The minimum absolute atomic E-state index is 0.0971. The van der Waals surface area contributed by atoms with Gasteiger partial charge in [-0.15, -0.1) is 0 Å². The molecule has 0 atom stereocenters. The quantitative estimate of drug-likeness (QED) is 0.555. The Morgan fingerprint density at radius 1 is 1.07 bits per heavy atom. The van der Waals surface area contributed by atoms with Crippen molar-refractivity contribution >= 4 is 23.3 Å². The van der Waals surface area contributed by atoms with Crippen LogP contribution >= 0.6 is 0 Å². The summed E-state index contributed by atoms with van der Waals surface area (Å²) in [7, 11) is 1.48. The molecule has 2 rings (SSSR count). The summed E-state index contributed by atoms with van der Waals surface area (Å²) in [6, 6.07) is 12.4. The second-order valence-electron chi connectivity index (χ2n) is 6.71. The minimum Gasteiger partial charge on any atom is -0.496 e. The smallest absolute Gasteiger partial charge is 0.310 e. The van der Waals surface area contributed by atoms with Crippen LogP contribution in [0.5, 0.6) is 5.75 Å². The van der Waals surface area contributed by atoms with Crippen LogP contribution < -0.4 is 10.1 Å². The van der Waals surface area contributed by atoms with Gasteiger partial charge in [0.05, 0.1) is 13.5 Å². The van der Waals surface area contributed by atoms with Crippen LogP contribution in [-0.2, 0) is 20.7 Å². The fourth-order valence-electron chi connectivity index (χ4n) is 2.79. The first kappa shape index (κ1) is 21.2. The maximum Gasteiger partial charge on any atom is 0.310 e. The molecule has 0 aliphatic carbocycles. The van der Waals surface area contributed by atoms with E-state index < -0.39 is 11.9 Å². The predicted molar refractivity (Wildman–Crippen MR) is 107 cm³/mol. The zero-order chi connectivity index (χ0) is 20.7. The summed E-state index contributed by atoms with van der Waals surface area (Å²) in [5.74, 6) is -0.366. The van der Waals surface area contributed by atoms with Crippen LogP contribution in [0, 0.1) is 0 Å². The summed E-state index contributed by atoms with van der Waals surface area (Å²) in [4.78, 5) is 35.8. The summed E-state index contributed by atoms with van der Waals surface area (Å²) in [6.07, 6.45) is -0.0971. The lowest BCUT2D eigenvalue weighted by molar-refractivity contribution is -0.146. The molecule has 0 radical (unpaired) electrons. The number of para-hydroxylation sites is 1. The number of carbonyl (C=O) groups excluding carboxylic acids is 3. The van der Waals surface area contributed by atoms with Crippen molar-refractivity contribution < 1.29 is 23.9 Å². The van der Waals surface area contributed by atoms with E-state index in [2.05, 4.69) is 5.32 Å². The largest absolute Gasteiger partial charge is 0.496 e. The van der Waals surface area contributed by atoms with E-state index in [1.165, 1.54) is 14.0 Å². The number of methoxy groups -OCH3 is 1. The number of ether oxygens (including phenoxy) is 2. The second kappa shape index (κ2) is 9.69. The second-order valence-corrected chi connectivity index (χ2v) is 6.71. The monoisotopic (exact) mass is 383 g/mol. The van der Waals surface area contributed by atoms with Gasteiger partial charge in [-0.3, -0.25) is 14.4 Å². The van der Waals surface area contributed by atoms with Crippen molar-refractivity contribution in [1.29, 1.82) is 0 Å². The van der Waals surface area contributed by atoms with Crippen LogP contribution in [0.15, 0.2) is 42.5 Å². The number of anilines is 1. The molecule has 0 aliphatic heterocycles.